The van der Waals surface area contributed by atoms with Crippen molar-refractivity contribution < 1.29 is 4.79 Å². The predicted octanol–water partition coefficient (Wildman–Crippen LogP) is 4.62. The van der Waals surface area contributed by atoms with E-state index in [4.69, 9.17) is 0 Å². The molecule has 0 radical (unpaired) electrons. The van der Waals surface area contributed by atoms with E-state index < -0.39 is 0 Å². The molecule has 1 amide bonds. The van der Waals surface area contributed by atoms with Crippen LogP contribution in [0.4, 0.5) is 0 Å². The molecule has 5 rings (SSSR count). The molecule has 1 saturated heterocycles. The number of nitrogens with one attached hydrogen (secondary N) is 1. The monoisotopic (exact) mass is 452 g/mol. The predicted molar refractivity (Wildman–Crippen MR) is 120 cm³/mol. The van der Waals surface area contributed by atoms with E-state index in [1.165, 1.54) is 38.4 Å². The van der Waals surface area contributed by atoms with Crippen LogP contribution in [-0.2, 0) is 11.2 Å². The van der Waals surface area contributed by atoms with Crippen molar-refractivity contribution in [3.63, 3.8) is 0 Å². The number of hydrogen-bond acceptors (Lipinski definition) is 1. The number of hydrogen-bond donors (Lipinski definition) is 1. The van der Waals surface area contributed by atoms with Crippen LogP contribution in [0.2, 0.25) is 5.32 Å². The molecule has 1 N–H and O–H groups in total. The van der Waals surface area contributed by atoms with Crippen LogP contribution in [0.5, 0.6) is 0 Å². The van der Waals surface area contributed by atoms with Gasteiger partial charge in [0.15, 0.2) is 0 Å². The molecule has 4 heteroatoms. The van der Waals surface area contributed by atoms with E-state index in [-0.39, 0.29) is 11.5 Å². The zero-order valence-electron chi connectivity index (χ0n) is 17.0. The summed E-state index contributed by atoms with van der Waals surface area (Å²) in [6, 6.07) is 19.7. The van der Waals surface area contributed by atoms with Gasteiger partial charge < -0.3 is 0 Å². The SMILES string of the molecule is CC[C@]1(CC[Se]c2ccccc2)CCC(=O)N2CCc3c([nH]c4ccccc34)[C@@H]21. The molecule has 1 aromatic heterocycles. The molecule has 3 nitrogen and oxygen atoms in total. The van der Waals surface area contributed by atoms with Gasteiger partial charge in [0.25, 0.3) is 0 Å². The van der Waals surface area contributed by atoms with Crippen molar-refractivity contribution in [1.29, 1.82) is 0 Å². The molecule has 29 heavy (non-hydrogen) atoms. The van der Waals surface area contributed by atoms with Gasteiger partial charge in [0.1, 0.15) is 0 Å². The number of nitrogens with zero attached hydrogens (tertiary/aromatic N) is 1. The van der Waals surface area contributed by atoms with Crippen molar-refractivity contribution in [1.82, 2.24) is 9.88 Å². The topological polar surface area (TPSA) is 36.1 Å². The molecule has 0 unspecified atom stereocenters. The van der Waals surface area contributed by atoms with E-state index in [9.17, 15) is 4.79 Å². The number of piperidine rings is 1. The summed E-state index contributed by atoms with van der Waals surface area (Å²) in [6.07, 6.45) is 5.01. The fourth-order valence-corrected chi connectivity index (χ4v) is 7.77. The third-order valence-electron chi connectivity index (χ3n) is 7.09. The summed E-state index contributed by atoms with van der Waals surface area (Å²) in [4.78, 5) is 18.8. The normalized spacial score (nSPS) is 23.8. The van der Waals surface area contributed by atoms with Crippen molar-refractivity contribution in [3.05, 3.63) is 65.9 Å². The molecule has 1 fully saturated rings. The number of amides is 1. The summed E-state index contributed by atoms with van der Waals surface area (Å²) in [5, 5.41) is 2.58. The first-order valence-corrected chi connectivity index (χ1v) is 12.9. The quantitative estimate of drug-likeness (QED) is 0.565. The zero-order chi connectivity index (χ0) is 19.8. The van der Waals surface area contributed by atoms with E-state index in [0.29, 0.717) is 27.3 Å². The van der Waals surface area contributed by atoms with Crippen molar-refractivity contribution in [2.45, 2.75) is 50.4 Å². The number of carbonyl (C=O) groups excluding carboxylic acids is 1. The van der Waals surface area contributed by atoms with E-state index >= 15 is 0 Å². The van der Waals surface area contributed by atoms with Gasteiger partial charge in [0.05, 0.1) is 0 Å². The Bertz CT molecular complexity index is 1030. The first-order valence-electron chi connectivity index (χ1n) is 10.8. The summed E-state index contributed by atoms with van der Waals surface area (Å²) in [5.41, 5.74) is 4.17. The third kappa shape index (κ3) is 3.23. The maximum absolute atomic E-state index is 12.9. The number of aromatic amines is 1. The molecule has 3 heterocycles. The van der Waals surface area contributed by atoms with Gasteiger partial charge in [-0.15, -0.1) is 0 Å². The van der Waals surface area contributed by atoms with Gasteiger partial charge in [-0.3, -0.25) is 0 Å². The second kappa shape index (κ2) is 7.66. The number of fused-ring (bicyclic) bond motifs is 5. The summed E-state index contributed by atoms with van der Waals surface area (Å²) in [6.45, 7) is 3.20. The molecule has 3 aromatic rings. The number of aromatic nitrogens is 1. The molecule has 0 spiro atoms. The van der Waals surface area contributed by atoms with Crippen molar-refractivity contribution in [2.75, 3.05) is 6.54 Å². The Morgan fingerprint density at radius 2 is 1.90 bits per heavy atom. The number of H-pyrrole nitrogens is 1. The second-order valence-electron chi connectivity index (χ2n) is 8.43. The molecule has 2 aromatic carbocycles. The fourth-order valence-electron chi connectivity index (χ4n) is 5.48. The van der Waals surface area contributed by atoms with Crippen LogP contribution < -0.4 is 4.46 Å². The van der Waals surface area contributed by atoms with E-state index in [1.807, 2.05) is 0 Å². The van der Waals surface area contributed by atoms with Gasteiger partial charge >= 0.3 is 179 Å². The van der Waals surface area contributed by atoms with Gasteiger partial charge in [-0.05, 0) is 0 Å². The minimum atomic E-state index is 0.181. The summed E-state index contributed by atoms with van der Waals surface area (Å²) < 4.78 is 1.48. The van der Waals surface area contributed by atoms with Crippen LogP contribution in [-0.4, -0.2) is 37.3 Å². The molecule has 0 bridgehead atoms. The Morgan fingerprint density at radius 3 is 2.72 bits per heavy atom. The van der Waals surface area contributed by atoms with Crippen molar-refractivity contribution in [2.24, 2.45) is 5.41 Å². The Kier molecular flexibility index (Phi) is 5.01. The van der Waals surface area contributed by atoms with Gasteiger partial charge in [0, 0.05) is 0 Å². The molecule has 2 aliphatic heterocycles. The Labute approximate surface area is 179 Å². The molecule has 2 aliphatic rings. The Hall–Kier alpha value is -2.03. The molecule has 150 valence electrons. The molecule has 0 aliphatic carbocycles. The minimum absolute atomic E-state index is 0.181. The van der Waals surface area contributed by atoms with Gasteiger partial charge in [-0.1, -0.05) is 0 Å². The summed E-state index contributed by atoms with van der Waals surface area (Å²) in [5.74, 6) is 0.344. The van der Waals surface area contributed by atoms with Crippen LogP contribution in [0.1, 0.15) is 49.9 Å². The number of para-hydroxylation sites is 1. The van der Waals surface area contributed by atoms with Crippen molar-refractivity contribution >= 4 is 36.2 Å². The summed E-state index contributed by atoms with van der Waals surface area (Å²) >= 11 is 0.494. The van der Waals surface area contributed by atoms with Crippen LogP contribution in [0, 0.1) is 5.41 Å². The van der Waals surface area contributed by atoms with Gasteiger partial charge in [-0.2, -0.15) is 0 Å². The van der Waals surface area contributed by atoms with Gasteiger partial charge in [0.2, 0.25) is 0 Å². The number of benzene rings is 2. The van der Waals surface area contributed by atoms with E-state index in [1.54, 1.807) is 0 Å². The number of rotatable bonds is 5. The molecular formula is C25H28N2OSe. The summed E-state index contributed by atoms with van der Waals surface area (Å²) in [7, 11) is 0. The fraction of sp³-hybridized carbons (Fsp3) is 0.400. The Balaban J connectivity index is 1.50. The molecular weight excluding hydrogens is 423 g/mol. The Morgan fingerprint density at radius 1 is 1.10 bits per heavy atom. The van der Waals surface area contributed by atoms with Crippen LogP contribution in [0.15, 0.2) is 54.6 Å². The van der Waals surface area contributed by atoms with Crippen LogP contribution >= 0.6 is 0 Å². The van der Waals surface area contributed by atoms with Crippen LogP contribution in [0.25, 0.3) is 10.9 Å². The number of carbonyl (C=O) groups is 1. The van der Waals surface area contributed by atoms with E-state index in [2.05, 4.69) is 71.4 Å². The average molecular weight is 451 g/mol. The van der Waals surface area contributed by atoms with Gasteiger partial charge in [-0.25, -0.2) is 0 Å². The standard InChI is InChI=1S/C25H28N2OSe/c1-2-25(15-17-29-18-8-4-3-5-9-18)14-12-22(28)27-16-13-20-19-10-6-7-11-21(19)26-23(20)24(25)27/h3-11,24,26H,2,12-17H2,1H3/t24-,25-/m1/s1. The average Bonchev–Trinajstić information content (AvgIpc) is 3.15. The van der Waals surface area contributed by atoms with Crippen LogP contribution in [0.3, 0.4) is 0 Å². The zero-order valence-corrected chi connectivity index (χ0v) is 18.7. The van der Waals surface area contributed by atoms with E-state index in [0.717, 1.165) is 25.8 Å². The maximum atomic E-state index is 12.9. The molecule has 0 saturated carbocycles. The van der Waals surface area contributed by atoms with Crippen molar-refractivity contribution in [3.8, 4) is 0 Å². The third-order valence-corrected chi connectivity index (χ3v) is 9.21. The second-order valence-corrected chi connectivity index (χ2v) is 10.9. The first-order chi connectivity index (χ1) is 14.2. The first kappa shape index (κ1) is 19.0. The molecule has 2 atom stereocenters.